The lowest BCUT2D eigenvalue weighted by atomic mass is 9.98. The zero-order valence-corrected chi connectivity index (χ0v) is 15.8. The maximum absolute atomic E-state index is 12.7. The summed E-state index contributed by atoms with van der Waals surface area (Å²) >= 11 is 0. The Balaban J connectivity index is 0.00000264. The van der Waals surface area contributed by atoms with Gasteiger partial charge in [-0.15, -0.1) is 12.4 Å². The van der Waals surface area contributed by atoms with Gasteiger partial charge in [0.2, 0.25) is 10.0 Å². The molecule has 0 atom stereocenters. The normalized spacial score (nSPS) is 17.2. The average Bonchev–Trinajstić information content (AvgIpc) is 2.48. The van der Waals surface area contributed by atoms with Gasteiger partial charge in [0, 0.05) is 19.6 Å². The van der Waals surface area contributed by atoms with Gasteiger partial charge in [-0.25, -0.2) is 8.42 Å². The Bertz CT molecular complexity index is 567. The Morgan fingerprint density at radius 3 is 2.22 bits per heavy atom. The van der Waals surface area contributed by atoms with Crippen molar-refractivity contribution in [3.63, 3.8) is 0 Å². The highest BCUT2D eigenvalue weighted by atomic mass is 35.5. The molecule has 0 unspecified atom stereocenters. The van der Waals surface area contributed by atoms with E-state index in [1.165, 1.54) is 0 Å². The molecule has 1 aliphatic heterocycles. The summed E-state index contributed by atoms with van der Waals surface area (Å²) in [5.41, 5.74) is 1.12. The van der Waals surface area contributed by atoms with Gasteiger partial charge in [0.15, 0.2) is 0 Å². The first-order valence-corrected chi connectivity index (χ1v) is 9.26. The summed E-state index contributed by atoms with van der Waals surface area (Å²) < 4.78 is 27.0. The van der Waals surface area contributed by atoms with Gasteiger partial charge in [-0.05, 0) is 64.1 Å². The molecule has 1 N–H and O–H groups in total. The Morgan fingerprint density at radius 2 is 1.74 bits per heavy atom. The Kier molecular flexibility index (Phi) is 7.97. The van der Waals surface area contributed by atoms with E-state index in [-0.39, 0.29) is 12.4 Å². The second-order valence-electron chi connectivity index (χ2n) is 6.29. The molecule has 0 spiro atoms. The van der Waals surface area contributed by atoms with Crippen LogP contribution < -0.4 is 5.32 Å². The highest BCUT2D eigenvalue weighted by molar-refractivity contribution is 7.89. The quantitative estimate of drug-likeness (QED) is 0.839. The van der Waals surface area contributed by atoms with E-state index >= 15 is 0 Å². The van der Waals surface area contributed by atoms with E-state index in [9.17, 15) is 8.42 Å². The standard InChI is InChI=1S/C16H27N3O2S.ClH/c1-17-12-14-8-10-19(11-9-14)22(20,21)16-6-4-15(5-7-16)13-18(2)3;/h4-7,14,17H,8-13H2,1-3H3;1H. The van der Waals surface area contributed by atoms with Crippen LogP contribution >= 0.6 is 12.4 Å². The van der Waals surface area contributed by atoms with Crippen LogP contribution in [0.3, 0.4) is 0 Å². The van der Waals surface area contributed by atoms with E-state index in [1.54, 1.807) is 16.4 Å². The van der Waals surface area contributed by atoms with Crippen molar-refractivity contribution < 1.29 is 8.42 Å². The van der Waals surface area contributed by atoms with Gasteiger partial charge < -0.3 is 10.2 Å². The summed E-state index contributed by atoms with van der Waals surface area (Å²) in [7, 11) is 2.60. The lowest BCUT2D eigenvalue weighted by Crippen LogP contribution is -2.40. The molecule has 1 saturated heterocycles. The summed E-state index contributed by atoms with van der Waals surface area (Å²) in [4.78, 5) is 2.47. The van der Waals surface area contributed by atoms with Gasteiger partial charge in [0.05, 0.1) is 4.90 Å². The molecule has 1 heterocycles. The second-order valence-corrected chi connectivity index (χ2v) is 8.22. The molecular formula is C16H28ClN3O2S. The smallest absolute Gasteiger partial charge is 0.243 e. The van der Waals surface area contributed by atoms with Crippen molar-refractivity contribution in [2.24, 2.45) is 5.92 Å². The lowest BCUT2D eigenvalue weighted by molar-refractivity contribution is 0.270. The van der Waals surface area contributed by atoms with Crippen LogP contribution in [0.15, 0.2) is 29.2 Å². The van der Waals surface area contributed by atoms with Crippen molar-refractivity contribution in [2.75, 3.05) is 40.8 Å². The highest BCUT2D eigenvalue weighted by Gasteiger charge is 2.28. The zero-order chi connectivity index (χ0) is 16.2. The molecule has 0 aliphatic carbocycles. The molecule has 0 saturated carbocycles. The van der Waals surface area contributed by atoms with Gasteiger partial charge in [-0.1, -0.05) is 12.1 Å². The molecule has 1 aromatic rings. The van der Waals surface area contributed by atoms with Crippen LogP contribution in [-0.4, -0.2) is 58.4 Å². The molecule has 0 aromatic heterocycles. The maximum Gasteiger partial charge on any atom is 0.243 e. The van der Waals surface area contributed by atoms with Crippen LogP contribution in [0.4, 0.5) is 0 Å². The number of nitrogens with one attached hydrogen (secondary N) is 1. The number of benzene rings is 1. The van der Waals surface area contributed by atoms with E-state index < -0.39 is 10.0 Å². The number of hydrogen-bond donors (Lipinski definition) is 1. The van der Waals surface area contributed by atoms with Gasteiger partial charge >= 0.3 is 0 Å². The van der Waals surface area contributed by atoms with E-state index in [2.05, 4.69) is 10.2 Å². The third kappa shape index (κ3) is 5.43. The number of hydrogen-bond acceptors (Lipinski definition) is 4. The maximum atomic E-state index is 12.7. The monoisotopic (exact) mass is 361 g/mol. The van der Waals surface area contributed by atoms with E-state index in [0.717, 1.165) is 31.5 Å². The van der Waals surface area contributed by atoms with Crippen molar-refractivity contribution >= 4 is 22.4 Å². The van der Waals surface area contributed by atoms with Crippen molar-refractivity contribution in [3.8, 4) is 0 Å². The minimum absolute atomic E-state index is 0. The van der Waals surface area contributed by atoms with Crippen LogP contribution in [0.1, 0.15) is 18.4 Å². The summed E-state index contributed by atoms with van der Waals surface area (Å²) in [6, 6.07) is 7.27. The molecule has 23 heavy (non-hydrogen) atoms. The molecular weight excluding hydrogens is 334 g/mol. The highest BCUT2D eigenvalue weighted by Crippen LogP contribution is 2.23. The summed E-state index contributed by atoms with van der Waals surface area (Å²) in [6.07, 6.45) is 1.86. The molecule has 1 aliphatic rings. The molecule has 1 fully saturated rings. The lowest BCUT2D eigenvalue weighted by Gasteiger charge is -2.31. The van der Waals surface area contributed by atoms with Crippen LogP contribution in [-0.2, 0) is 16.6 Å². The summed E-state index contributed by atoms with van der Waals surface area (Å²) in [5, 5.41) is 3.17. The summed E-state index contributed by atoms with van der Waals surface area (Å²) in [6.45, 7) is 3.02. The van der Waals surface area contributed by atoms with Crippen molar-refractivity contribution in [3.05, 3.63) is 29.8 Å². The van der Waals surface area contributed by atoms with Crippen LogP contribution in [0.5, 0.6) is 0 Å². The van der Waals surface area contributed by atoms with Crippen molar-refractivity contribution in [1.82, 2.24) is 14.5 Å². The number of halogens is 1. The third-order valence-corrected chi connectivity index (χ3v) is 6.04. The van der Waals surface area contributed by atoms with Crippen molar-refractivity contribution in [1.29, 1.82) is 0 Å². The van der Waals surface area contributed by atoms with Gasteiger partial charge in [-0.2, -0.15) is 4.31 Å². The largest absolute Gasteiger partial charge is 0.319 e. The Labute approximate surface area is 146 Å². The minimum Gasteiger partial charge on any atom is -0.319 e. The number of rotatable bonds is 6. The van der Waals surface area contributed by atoms with Gasteiger partial charge in [0.1, 0.15) is 0 Å². The first kappa shape index (κ1) is 20.4. The molecule has 7 heteroatoms. The molecule has 5 nitrogen and oxygen atoms in total. The van der Waals surface area contributed by atoms with Crippen LogP contribution in [0.25, 0.3) is 0 Å². The van der Waals surface area contributed by atoms with Gasteiger partial charge in [0.25, 0.3) is 0 Å². The zero-order valence-electron chi connectivity index (χ0n) is 14.2. The van der Waals surface area contributed by atoms with E-state index in [4.69, 9.17) is 0 Å². The molecule has 1 aromatic carbocycles. The fourth-order valence-electron chi connectivity index (χ4n) is 2.92. The molecule has 2 rings (SSSR count). The Hall–Kier alpha value is -0.660. The predicted molar refractivity (Wildman–Crippen MR) is 96.5 cm³/mol. The average molecular weight is 362 g/mol. The summed E-state index contributed by atoms with van der Waals surface area (Å²) in [5.74, 6) is 0.582. The first-order chi connectivity index (χ1) is 10.4. The number of piperidine rings is 1. The minimum atomic E-state index is -3.35. The SMILES string of the molecule is CNCC1CCN(S(=O)(=O)c2ccc(CN(C)C)cc2)CC1.Cl. The fraction of sp³-hybridized carbons (Fsp3) is 0.625. The Morgan fingerprint density at radius 1 is 1.17 bits per heavy atom. The van der Waals surface area contributed by atoms with E-state index in [1.807, 2.05) is 33.3 Å². The first-order valence-electron chi connectivity index (χ1n) is 7.82. The third-order valence-electron chi connectivity index (χ3n) is 4.13. The number of sulfonamides is 1. The molecule has 0 amide bonds. The van der Waals surface area contributed by atoms with Gasteiger partial charge in [-0.3, -0.25) is 0 Å². The number of nitrogens with zero attached hydrogens (tertiary/aromatic N) is 2. The molecule has 0 radical (unpaired) electrons. The molecule has 0 bridgehead atoms. The van der Waals surface area contributed by atoms with E-state index in [0.29, 0.717) is 23.9 Å². The molecule has 132 valence electrons. The van der Waals surface area contributed by atoms with Crippen molar-refractivity contribution in [2.45, 2.75) is 24.3 Å². The van der Waals surface area contributed by atoms with Crippen LogP contribution in [0.2, 0.25) is 0 Å². The topological polar surface area (TPSA) is 52.7 Å². The second kappa shape index (κ2) is 8.99. The predicted octanol–water partition coefficient (Wildman–Crippen LogP) is 1.79. The fourth-order valence-corrected chi connectivity index (χ4v) is 4.39. The van der Waals surface area contributed by atoms with Crippen LogP contribution in [0, 0.1) is 5.92 Å².